The summed E-state index contributed by atoms with van der Waals surface area (Å²) in [6, 6.07) is 7.24. The van der Waals surface area contributed by atoms with Crippen molar-refractivity contribution in [2.75, 3.05) is 36.0 Å². The lowest BCUT2D eigenvalue weighted by atomic mass is 10.1. The van der Waals surface area contributed by atoms with E-state index >= 15 is 0 Å². The lowest BCUT2D eigenvalue weighted by Gasteiger charge is -2.36. The third-order valence-corrected chi connectivity index (χ3v) is 4.13. The zero-order valence-corrected chi connectivity index (χ0v) is 13.1. The molecule has 1 aliphatic rings. The van der Waals surface area contributed by atoms with Gasteiger partial charge < -0.3 is 9.80 Å². The van der Waals surface area contributed by atoms with Gasteiger partial charge in [0.2, 0.25) is 5.95 Å². The van der Waals surface area contributed by atoms with E-state index in [-0.39, 0.29) is 5.78 Å². The minimum Gasteiger partial charge on any atom is -0.367 e. The molecule has 0 N–H and O–H groups in total. The molecule has 5 nitrogen and oxygen atoms in total. The van der Waals surface area contributed by atoms with Gasteiger partial charge in [0.15, 0.2) is 5.78 Å². The number of carbonyl (C=O) groups is 1. The molecule has 1 fully saturated rings. The molecule has 22 heavy (non-hydrogen) atoms. The molecular weight excluding hydrogens is 300 g/mol. The lowest BCUT2D eigenvalue weighted by molar-refractivity contribution is 0.101. The Morgan fingerprint density at radius 2 is 1.73 bits per heavy atom. The predicted molar refractivity (Wildman–Crippen MR) is 87.9 cm³/mol. The molecular formula is C16H17ClN4O. The number of ketones is 1. The molecule has 114 valence electrons. The van der Waals surface area contributed by atoms with Gasteiger partial charge in [-0.2, -0.15) is 0 Å². The average Bonchev–Trinajstić information content (AvgIpc) is 2.56. The van der Waals surface area contributed by atoms with E-state index in [9.17, 15) is 4.79 Å². The van der Waals surface area contributed by atoms with Gasteiger partial charge in [0.25, 0.3) is 0 Å². The van der Waals surface area contributed by atoms with E-state index in [0.29, 0.717) is 10.6 Å². The van der Waals surface area contributed by atoms with Crippen molar-refractivity contribution in [2.45, 2.75) is 6.92 Å². The molecule has 0 aliphatic carbocycles. The SMILES string of the molecule is CC(=O)c1ccc(Cl)c(N2CCN(c3ncccn3)CC2)c1. The largest absolute Gasteiger partial charge is 0.367 e. The van der Waals surface area contributed by atoms with Crippen LogP contribution in [0.5, 0.6) is 0 Å². The Kier molecular flexibility index (Phi) is 4.24. The van der Waals surface area contributed by atoms with Gasteiger partial charge in [-0.1, -0.05) is 11.6 Å². The summed E-state index contributed by atoms with van der Waals surface area (Å²) in [6.07, 6.45) is 3.50. The highest BCUT2D eigenvalue weighted by Gasteiger charge is 2.21. The number of carbonyl (C=O) groups excluding carboxylic acids is 1. The molecule has 0 radical (unpaired) electrons. The summed E-state index contributed by atoms with van der Waals surface area (Å²) in [7, 11) is 0. The normalized spacial score (nSPS) is 15.0. The first kappa shape index (κ1) is 14.8. The number of hydrogen-bond donors (Lipinski definition) is 0. The van der Waals surface area contributed by atoms with E-state index in [1.165, 1.54) is 0 Å². The first-order valence-corrected chi connectivity index (χ1v) is 7.60. The highest BCUT2D eigenvalue weighted by atomic mass is 35.5. The molecule has 6 heteroatoms. The fourth-order valence-corrected chi connectivity index (χ4v) is 2.81. The van der Waals surface area contributed by atoms with Gasteiger partial charge in [0.1, 0.15) is 0 Å². The summed E-state index contributed by atoms with van der Waals surface area (Å²) in [5.74, 6) is 0.806. The van der Waals surface area contributed by atoms with Crippen molar-refractivity contribution in [3.8, 4) is 0 Å². The molecule has 1 saturated heterocycles. The Morgan fingerprint density at radius 3 is 2.36 bits per heavy atom. The number of hydrogen-bond acceptors (Lipinski definition) is 5. The Morgan fingerprint density at radius 1 is 1.09 bits per heavy atom. The molecule has 0 saturated carbocycles. The maximum absolute atomic E-state index is 11.5. The van der Waals surface area contributed by atoms with Crippen molar-refractivity contribution in [3.63, 3.8) is 0 Å². The van der Waals surface area contributed by atoms with Crippen LogP contribution >= 0.6 is 11.6 Å². The fraction of sp³-hybridized carbons (Fsp3) is 0.312. The summed E-state index contributed by atoms with van der Waals surface area (Å²) >= 11 is 6.30. The van der Waals surface area contributed by atoms with Crippen molar-refractivity contribution in [3.05, 3.63) is 47.2 Å². The molecule has 1 aliphatic heterocycles. The monoisotopic (exact) mass is 316 g/mol. The number of benzene rings is 1. The van der Waals surface area contributed by atoms with Crippen LogP contribution in [0.1, 0.15) is 17.3 Å². The molecule has 1 aromatic heterocycles. The van der Waals surface area contributed by atoms with Crippen LogP contribution in [0.25, 0.3) is 0 Å². The van der Waals surface area contributed by atoms with Crippen LogP contribution in [0.4, 0.5) is 11.6 Å². The van der Waals surface area contributed by atoms with Crippen LogP contribution < -0.4 is 9.80 Å². The standard InChI is InChI=1S/C16H17ClN4O/c1-12(22)13-3-4-14(17)15(11-13)20-7-9-21(10-8-20)16-18-5-2-6-19-16/h2-6,11H,7-10H2,1H3. The van der Waals surface area contributed by atoms with Gasteiger partial charge in [-0.25, -0.2) is 9.97 Å². The molecule has 2 heterocycles. The van der Waals surface area contributed by atoms with Gasteiger partial charge in [-0.3, -0.25) is 4.79 Å². The highest BCUT2D eigenvalue weighted by Crippen LogP contribution is 2.28. The van der Waals surface area contributed by atoms with Crippen molar-refractivity contribution in [1.82, 2.24) is 9.97 Å². The van der Waals surface area contributed by atoms with Crippen molar-refractivity contribution < 1.29 is 4.79 Å². The molecule has 0 amide bonds. The van der Waals surface area contributed by atoms with E-state index in [0.717, 1.165) is 37.8 Å². The number of Topliss-reactive ketones (excluding diaryl/α,β-unsaturated/α-hetero) is 1. The summed E-state index contributed by atoms with van der Waals surface area (Å²) in [4.78, 5) is 24.5. The second-order valence-electron chi connectivity index (χ2n) is 5.25. The summed E-state index contributed by atoms with van der Waals surface area (Å²) in [6.45, 7) is 4.85. The molecule has 0 atom stereocenters. The number of piperazine rings is 1. The summed E-state index contributed by atoms with van der Waals surface area (Å²) in [5.41, 5.74) is 1.61. The first-order valence-electron chi connectivity index (χ1n) is 7.22. The topological polar surface area (TPSA) is 49.3 Å². The third-order valence-electron chi connectivity index (χ3n) is 3.81. The zero-order valence-electron chi connectivity index (χ0n) is 12.4. The molecule has 0 bridgehead atoms. The van der Waals surface area contributed by atoms with Crippen LogP contribution in [0, 0.1) is 0 Å². The fourth-order valence-electron chi connectivity index (χ4n) is 2.58. The van der Waals surface area contributed by atoms with Crippen LogP contribution in [0.15, 0.2) is 36.7 Å². The van der Waals surface area contributed by atoms with Crippen molar-refractivity contribution >= 4 is 29.0 Å². The maximum Gasteiger partial charge on any atom is 0.225 e. The Balaban J connectivity index is 1.74. The summed E-state index contributed by atoms with van der Waals surface area (Å²) in [5, 5.41) is 0.675. The minimum absolute atomic E-state index is 0.0502. The molecule has 0 unspecified atom stereocenters. The highest BCUT2D eigenvalue weighted by molar-refractivity contribution is 6.33. The minimum atomic E-state index is 0.0502. The van der Waals surface area contributed by atoms with E-state index in [2.05, 4.69) is 19.8 Å². The zero-order chi connectivity index (χ0) is 15.5. The van der Waals surface area contributed by atoms with Crippen LogP contribution in [0.2, 0.25) is 5.02 Å². The molecule has 2 aromatic rings. The lowest BCUT2D eigenvalue weighted by Crippen LogP contribution is -2.47. The van der Waals surface area contributed by atoms with Crippen molar-refractivity contribution in [1.29, 1.82) is 0 Å². The number of halogens is 1. The van der Waals surface area contributed by atoms with Gasteiger partial charge in [-0.15, -0.1) is 0 Å². The number of anilines is 2. The number of aromatic nitrogens is 2. The van der Waals surface area contributed by atoms with E-state index < -0.39 is 0 Å². The van der Waals surface area contributed by atoms with E-state index in [1.807, 2.05) is 12.1 Å². The Bertz CT molecular complexity index is 669. The smallest absolute Gasteiger partial charge is 0.225 e. The molecule has 0 spiro atoms. The van der Waals surface area contributed by atoms with Crippen LogP contribution in [-0.2, 0) is 0 Å². The number of nitrogens with zero attached hydrogens (tertiary/aromatic N) is 4. The average molecular weight is 317 g/mol. The first-order chi connectivity index (χ1) is 10.6. The second-order valence-corrected chi connectivity index (χ2v) is 5.65. The van der Waals surface area contributed by atoms with Crippen LogP contribution in [0.3, 0.4) is 0 Å². The van der Waals surface area contributed by atoms with Gasteiger partial charge in [-0.05, 0) is 31.2 Å². The third kappa shape index (κ3) is 3.04. The van der Waals surface area contributed by atoms with Crippen molar-refractivity contribution in [2.24, 2.45) is 0 Å². The van der Waals surface area contributed by atoms with E-state index in [4.69, 9.17) is 11.6 Å². The van der Waals surface area contributed by atoms with Gasteiger partial charge >= 0.3 is 0 Å². The second kappa shape index (κ2) is 6.32. The van der Waals surface area contributed by atoms with E-state index in [1.54, 1.807) is 31.5 Å². The Labute approximate surface area is 134 Å². The summed E-state index contributed by atoms with van der Waals surface area (Å²) < 4.78 is 0. The van der Waals surface area contributed by atoms with Crippen LogP contribution in [-0.4, -0.2) is 41.9 Å². The quantitative estimate of drug-likeness (QED) is 0.815. The molecule has 3 rings (SSSR count). The predicted octanol–water partition coefficient (Wildman–Crippen LogP) is 2.66. The maximum atomic E-state index is 11.5. The van der Waals surface area contributed by atoms with Gasteiger partial charge in [0, 0.05) is 44.1 Å². The molecule has 1 aromatic carbocycles. The van der Waals surface area contributed by atoms with Gasteiger partial charge in [0.05, 0.1) is 10.7 Å². The number of rotatable bonds is 3. The Hall–Kier alpha value is -2.14.